The molecule has 21 heavy (non-hydrogen) atoms. The van der Waals surface area contributed by atoms with Crippen molar-refractivity contribution in [3.8, 4) is 0 Å². The molecule has 7 heteroatoms. The fraction of sp³-hybridized carbons (Fsp3) is 0.286. The Morgan fingerprint density at radius 3 is 2.76 bits per heavy atom. The van der Waals surface area contributed by atoms with Gasteiger partial charge in [0.2, 0.25) is 0 Å². The van der Waals surface area contributed by atoms with Crippen LogP contribution in [-0.4, -0.2) is 22.1 Å². The van der Waals surface area contributed by atoms with E-state index in [0.717, 1.165) is 5.70 Å². The summed E-state index contributed by atoms with van der Waals surface area (Å²) in [7, 11) is 0. The first-order chi connectivity index (χ1) is 9.93. The highest BCUT2D eigenvalue weighted by atomic mass is 32.2. The van der Waals surface area contributed by atoms with Crippen molar-refractivity contribution in [2.75, 3.05) is 6.26 Å². The largest absolute Gasteiger partial charge is 0.338 e. The van der Waals surface area contributed by atoms with E-state index in [0.29, 0.717) is 16.3 Å². The van der Waals surface area contributed by atoms with Gasteiger partial charge in [0.15, 0.2) is 11.0 Å². The van der Waals surface area contributed by atoms with Crippen molar-refractivity contribution in [3.05, 3.63) is 51.2 Å². The number of carbonyl (C=O) groups excluding carboxylic acids is 1. The summed E-state index contributed by atoms with van der Waals surface area (Å²) < 4.78 is 0. The second kappa shape index (κ2) is 6.09. The number of nitro benzene ring substituents is 1. The van der Waals surface area contributed by atoms with Crippen LogP contribution in [0.3, 0.4) is 0 Å². The van der Waals surface area contributed by atoms with E-state index in [9.17, 15) is 14.9 Å². The number of rotatable bonds is 3. The van der Waals surface area contributed by atoms with Crippen LogP contribution < -0.4 is 5.32 Å². The zero-order chi connectivity index (χ0) is 15.6. The van der Waals surface area contributed by atoms with Gasteiger partial charge in [-0.2, -0.15) is 0 Å². The van der Waals surface area contributed by atoms with E-state index in [1.807, 2.05) is 13.2 Å². The summed E-state index contributed by atoms with van der Waals surface area (Å²) in [6, 6.07) is 5.74. The van der Waals surface area contributed by atoms with Crippen LogP contribution in [-0.2, 0) is 4.79 Å². The zero-order valence-electron chi connectivity index (χ0n) is 11.9. The molecule has 1 aromatic rings. The van der Waals surface area contributed by atoms with Crippen molar-refractivity contribution < 1.29 is 9.72 Å². The molecule has 0 aromatic heterocycles. The Morgan fingerprint density at radius 2 is 2.19 bits per heavy atom. The van der Waals surface area contributed by atoms with Crippen molar-refractivity contribution >= 4 is 28.4 Å². The minimum atomic E-state index is -0.508. The van der Waals surface area contributed by atoms with Crippen LogP contribution in [0.1, 0.15) is 25.5 Å². The minimum Gasteiger partial charge on any atom is -0.338 e. The summed E-state index contributed by atoms with van der Waals surface area (Å²) in [5.74, 6) is -0.0968. The van der Waals surface area contributed by atoms with E-state index >= 15 is 0 Å². The number of nitrogens with one attached hydrogen (secondary N) is 1. The molecule has 2 rings (SSSR count). The summed E-state index contributed by atoms with van der Waals surface area (Å²) in [4.78, 5) is 26.9. The molecule has 0 aliphatic carbocycles. The van der Waals surface area contributed by atoms with Crippen molar-refractivity contribution in [2.45, 2.75) is 19.9 Å². The Kier molecular flexibility index (Phi) is 4.42. The summed E-state index contributed by atoms with van der Waals surface area (Å²) in [6.45, 7) is 3.29. The second-order valence-electron chi connectivity index (χ2n) is 4.61. The normalized spacial score (nSPS) is 18.0. The summed E-state index contributed by atoms with van der Waals surface area (Å²) in [6.07, 6.45) is 1.88. The number of amidine groups is 1. The van der Waals surface area contributed by atoms with Gasteiger partial charge < -0.3 is 5.32 Å². The highest BCUT2D eigenvalue weighted by molar-refractivity contribution is 8.13. The number of non-ortho nitro benzene ring substituents is 1. The Labute approximate surface area is 126 Å². The average molecular weight is 305 g/mol. The minimum absolute atomic E-state index is 0.00695. The first kappa shape index (κ1) is 15.2. The van der Waals surface area contributed by atoms with E-state index < -0.39 is 11.0 Å². The highest BCUT2D eigenvalue weighted by Gasteiger charge is 2.27. The number of Topliss-reactive ketones (excluding diaryl/α,β-unsaturated/α-hetero) is 1. The standard InChI is InChI=1S/C14H15N3O3S/c1-8-12(9(2)18)13(16-14(15-8)21-3)10-5-4-6-11(7-10)17(19)20/h4-7,13H,1-3H3,(H,15,16)/t13-/m1/s1. The Morgan fingerprint density at radius 1 is 1.48 bits per heavy atom. The third kappa shape index (κ3) is 3.13. The molecular formula is C14H15N3O3S. The number of allylic oxidation sites excluding steroid dienone is 1. The highest BCUT2D eigenvalue weighted by Crippen LogP contribution is 2.33. The lowest BCUT2D eigenvalue weighted by Crippen LogP contribution is -2.28. The number of aliphatic imine (C=N–C) groups is 1. The van der Waals surface area contributed by atoms with Crippen molar-refractivity contribution in [1.29, 1.82) is 0 Å². The Balaban J connectivity index is 2.54. The van der Waals surface area contributed by atoms with Crippen LogP contribution in [0.15, 0.2) is 40.5 Å². The molecule has 0 saturated carbocycles. The molecule has 1 aliphatic rings. The van der Waals surface area contributed by atoms with Gasteiger partial charge in [-0.05, 0) is 25.7 Å². The first-order valence-corrected chi connectivity index (χ1v) is 7.51. The summed E-state index contributed by atoms with van der Waals surface area (Å²) >= 11 is 1.43. The number of carbonyl (C=O) groups is 1. The topological polar surface area (TPSA) is 84.6 Å². The zero-order valence-corrected chi connectivity index (χ0v) is 12.7. The maximum atomic E-state index is 11.9. The molecule has 0 radical (unpaired) electrons. The maximum Gasteiger partial charge on any atom is 0.269 e. The number of nitrogens with zero attached hydrogens (tertiary/aromatic N) is 2. The summed E-state index contributed by atoms with van der Waals surface area (Å²) in [5.41, 5.74) is 1.90. The van der Waals surface area contributed by atoms with Crippen molar-refractivity contribution in [2.24, 2.45) is 4.99 Å². The predicted octanol–water partition coefficient (Wildman–Crippen LogP) is 2.82. The molecule has 110 valence electrons. The predicted molar refractivity (Wildman–Crippen MR) is 83.3 cm³/mol. The number of hydrogen-bond donors (Lipinski definition) is 1. The molecule has 1 aliphatic heterocycles. The molecule has 1 N–H and O–H groups in total. The SMILES string of the molecule is CSC1=N[C@H](c2cccc([N+](=O)[O-])c2)C(C(C)=O)=C(C)N1. The molecule has 6 nitrogen and oxygen atoms in total. The molecular weight excluding hydrogens is 290 g/mol. The van der Waals surface area contributed by atoms with Gasteiger partial charge in [0.1, 0.15) is 6.04 Å². The molecule has 1 atom stereocenters. The number of hydrogen-bond acceptors (Lipinski definition) is 6. The third-order valence-electron chi connectivity index (χ3n) is 3.19. The second-order valence-corrected chi connectivity index (χ2v) is 5.41. The maximum absolute atomic E-state index is 11.9. The van der Waals surface area contributed by atoms with Gasteiger partial charge in [-0.25, -0.2) is 4.99 Å². The van der Waals surface area contributed by atoms with Crippen molar-refractivity contribution in [1.82, 2.24) is 5.32 Å². The van der Waals surface area contributed by atoms with Crippen LogP contribution >= 0.6 is 11.8 Å². The molecule has 1 heterocycles. The number of ketones is 1. The lowest BCUT2D eigenvalue weighted by molar-refractivity contribution is -0.384. The molecule has 0 bridgehead atoms. The van der Waals surface area contributed by atoms with Gasteiger partial charge in [-0.1, -0.05) is 23.9 Å². The van der Waals surface area contributed by atoms with E-state index in [4.69, 9.17) is 0 Å². The van der Waals surface area contributed by atoms with E-state index in [1.165, 1.54) is 30.8 Å². The molecule has 1 aromatic carbocycles. The first-order valence-electron chi connectivity index (χ1n) is 6.29. The monoisotopic (exact) mass is 305 g/mol. The molecule has 0 unspecified atom stereocenters. The molecule has 0 saturated heterocycles. The fourth-order valence-electron chi connectivity index (χ4n) is 2.26. The average Bonchev–Trinajstić information content (AvgIpc) is 2.45. The smallest absolute Gasteiger partial charge is 0.269 e. The van der Waals surface area contributed by atoms with Crippen LogP contribution in [0.2, 0.25) is 0 Å². The Bertz CT molecular complexity index is 667. The van der Waals surface area contributed by atoms with Gasteiger partial charge in [0.25, 0.3) is 5.69 Å². The van der Waals surface area contributed by atoms with Gasteiger partial charge in [0, 0.05) is 23.4 Å². The van der Waals surface area contributed by atoms with Crippen LogP contribution in [0, 0.1) is 10.1 Å². The van der Waals surface area contributed by atoms with Crippen LogP contribution in [0.4, 0.5) is 5.69 Å². The quantitative estimate of drug-likeness (QED) is 0.685. The van der Waals surface area contributed by atoms with Gasteiger partial charge in [-0.3, -0.25) is 14.9 Å². The van der Waals surface area contributed by atoms with Gasteiger partial charge >= 0.3 is 0 Å². The van der Waals surface area contributed by atoms with Gasteiger partial charge in [-0.15, -0.1) is 0 Å². The third-order valence-corrected chi connectivity index (χ3v) is 3.78. The van der Waals surface area contributed by atoms with Crippen LogP contribution in [0.5, 0.6) is 0 Å². The molecule has 0 amide bonds. The van der Waals surface area contributed by atoms with Gasteiger partial charge in [0.05, 0.1) is 4.92 Å². The number of benzene rings is 1. The lowest BCUT2D eigenvalue weighted by Gasteiger charge is -2.25. The van der Waals surface area contributed by atoms with E-state index in [2.05, 4.69) is 10.3 Å². The Hall–Kier alpha value is -2.15. The van der Waals surface area contributed by atoms with Crippen LogP contribution in [0.25, 0.3) is 0 Å². The van der Waals surface area contributed by atoms with E-state index in [-0.39, 0.29) is 11.5 Å². The van der Waals surface area contributed by atoms with Crippen molar-refractivity contribution in [3.63, 3.8) is 0 Å². The molecule has 0 fully saturated rings. The summed E-state index contributed by atoms with van der Waals surface area (Å²) in [5, 5.41) is 14.7. The number of nitro groups is 1. The fourth-order valence-corrected chi connectivity index (χ4v) is 2.72. The molecule has 0 spiro atoms. The number of thioether (sulfide) groups is 1. The lowest BCUT2D eigenvalue weighted by atomic mass is 9.94. The van der Waals surface area contributed by atoms with E-state index in [1.54, 1.807) is 12.1 Å².